The summed E-state index contributed by atoms with van der Waals surface area (Å²) in [6.45, 7) is 3.74. The van der Waals surface area contributed by atoms with Crippen LogP contribution in [0.15, 0.2) is 30.5 Å². The van der Waals surface area contributed by atoms with Gasteiger partial charge in [-0.1, -0.05) is 38.5 Å². The zero-order valence-corrected chi connectivity index (χ0v) is 22.1. The van der Waals surface area contributed by atoms with Crippen LogP contribution in [0, 0.1) is 5.92 Å². The second-order valence-corrected chi connectivity index (χ2v) is 9.74. The van der Waals surface area contributed by atoms with E-state index >= 15 is 0 Å². The van der Waals surface area contributed by atoms with Crippen molar-refractivity contribution in [3.8, 4) is 0 Å². The van der Waals surface area contributed by atoms with Crippen LogP contribution >= 0.6 is 0 Å². The van der Waals surface area contributed by atoms with Gasteiger partial charge in [-0.2, -0.15) is 0 Å². The summed E-state index contributed by atoms with van der Waals surface area (Å²) in [7, 11) is 0. The number of carboxylic acid groups (broad SMARTS) is 2. The van der Waals surface area contributed by atoms with Crippen molar-refractivity contribution in [1.82, 2.24) is 20.9 Å². The lowest BCUT2D eigenvalue weighted by molar-refractivity contribution is -0.147. The van der Waals surface area contributed by atoms with Crippen LogP contribution in [0.4, 0.5) is 0 Å². The Morgan fingerprint density at radius 3 is 2.21 bits per heavy atom. The molecule has 2 aromatic rings. The number of fused-ring (bicyclic) bond motifs is 1. The summed E-state index contributed by atoms with van der Waals surface area (Å²) in [5, 5.41) is 26.6. The molecular formula is C26H38N6O7. The number of hydrogen-bond acceptors (Lipinski definition) is 7. The molecular weight excluding hydrogens is 508 g/mol. The molecule has 13 heteroatoms. The molecule has 0 fully saturated rings. The highest BCUT2D eigenvalue weighted by Gasteiger charge is 2.33. The maximum absolute atomic E-state index is 13.5. The highest BCUT2D eigenvalue weighted by atomic mass is 16.4. The van der Waals surface area contributed by atoms with E-state index in [2.05, 4.69) is 20.9 Å². The van der Waals surface area contributed by atoms with E-state index in [0.717, 1.165) is 16.5 Å². The minimum Gasteiger partial charge on any atom is -0.481 e. The van der Waals surface area contributed by atoms with Crippen LogP contribution < -0.4 is 27.4 Å². The minimum atomic E-state index is -1.68. The molecule has 4 atom stereocenters. The fraction of sp³-hybridized carbons (Fsp3) is 0.500. The molecule has 0 saturated heterocycles. The second kappa shape index (κ2) is 14.8. The monoisotopic (exact) mass is 546 g/mol. The van der Waals surface area contributed by atoms with E-state index in [1.54, 1.807) is 20.0 Å². The number of benzene rings is 1. The Labute approximate surface area is 226 Å². The third-order valence-electron chi connectivity index (χ3n) is 6.28. The van der Waals surface area contributed by atoms with E-state index in [9.17, 15) is 29.1 Å². The highest BCUT2D eigenvalue weighted by Crippen LogP contribution is 2.19. The first-order chi connectivity index (χ1) is 18.4. The number of nitrogens with one attached hydrogen (secondary N) is 4. The Balaban J connectivity index is 2.26. The smallest absolute Gasteiger partial charge is 0.326 e. The molecule has 3 amide bonds. The minimum absolute atomic E-state index is 0.0836. The van der Waals surface area contributed by atoms with Gasteiger partial charge in [-0.15, -0.1) is 0 Å². The van der Waals surface area contributed by atoms with Crippen LogP contribution in [0.3, 0.4) is 0 Å². The van der Waals surface area contributed by atoms with Gasteiger partial charge in [0.25, 0.3) is 0 Å². The molecule has 0 aliphatic rings. The number of aromatic nitrogens is 1. The van der Waals surface area contributed by atoms with E-state index in [-0.39, 0.29) is 6.42 Å². The van der Waals surface area contributed by atoms with Crippen LogP contribution in [0.25, 0.3) is 10.9 Å². The number of aromatic amines is 1. The van der Waals surface area contributed by atoms with Gasteiger partial charge < -0.3 is 42.6 Å². The number of hydrogen-bond donors (Lipinski definition) is 8. The molecule has 39 heavy (non-hydrogen) atoms. The molecule has 0 radical (unpaired) electrons. The van der Waals surface area contributed by atoms with Crippen LogP contribution in [-0.4, -0.2) is 75.6 Å². The molecule has 4 unspecified atom stereocenters. The van der Waals surface area contributed by atoms with E-state index in [0.29, 0.717) is 25.8 Å². The summed E-state index contributed by atoms with van der Waals surface area (Å²) < 4.78 is 0. The van der Waals surface area contributed by atoms with Crippen molar-refractivity contribution in [3.05, 3.63) is 36.0 Å². The third-order valence-corrected chi connectivity index (χ3v) is 6.28. The van der Waals surface area contributed by atoms with Gasteiger partial charge >= 0.3 is 11.9 Å². The predicted molar refractivity (Wildman–Crippen MR) is 143 cm³/mol. The first-order valence-electron chi connectivity index (χ1n) is 12.8. The fourth-order valence-electron chi connectivity index (χ4n) is 4.07. The van der Waals surface area contributed by atoms with Crippen molar-refractivity contribution in [2.45, 2.75) is 70.1 Å². The lowest BCUT2D eigenvalue weighted by Gasteiger charge is -2.27. The molecule has 1 aromatic heterocycles. The van der Waals surface area contributed by atoms with Gasteiger partial charge in [0.1, 0.15) is 18.1 Å². The second-order valence-electron chi connectivity index (χ2n) is 9.74. The summed E-state index contributed by atoms with van der Waals surface area (Å²) in [5.74, 6) is -5.49. The van der Waals surface area contributed by atoms with E-state index < -0.39 is 66.2 Å². The maximum Gasteiger partial charge on any atom is 0.326 e. The Morgan fingerprint density at radius 2 is 1.59 bits per heavy atom. The Hall–Kier alpha value is -3.97. The number of nitrogens with two attached hydrogens (primary N) is 2. The Morgan fingerprint density at radius 1 is 0.923 bits per heavy atom. The number of carbonyl (C=O) groups excluding carboxylic acids is 3. The van der Waals surface area contributed by atoms with Gasteiger partial charge in [0.15, 0.2) is 0 Å². The quantitative estimate of drug-likeness (QED) is 0.131. The molecule has 2 rings (SSSR count). The summed E-state index contributed by atoms with van der Waals surface area (Å²) in [6, 6.07) is 2.58. The third kappa shape index (κ3) is 9.37. The summed E-state index contributed by atoms with van der Waals surface area (Å²) in [6.07, 6.45) is 2.70. The summed E-state index contributed by atoms with van der Waals surface area (Å²) >= 11 is 0. The number of H-pyrrole nitrogens is 1. The van der Waals surface area contributed by atoms with Crippen molar-refractivity contribution in [3.63, 3.8) is 0 Å². The molecule has 0 bridgehead atoms. The topological polar surface area (TPSA) is 230 Å². The molecule has 0 aliphatic heterocycles. The largest absolute Gasteiger partial charge is 0.481 e. The summed E-state index contributed by atoms with van der Waals surface area (Å²) in [4.78, 5) is 64.8. The Kier molecular flexibility index (Phi) is 11.9. The fourth-order valence-corrected chi connectivity index (χ4v) is 4.07. The number of unbranched alkanes of at least 4 members (excludes halogenated alkanes) is 1. The number of carboxylic acids is 2. The van der Waals surface area contributed by atoms with Gasteiger partial charge in [0.05, 0.1) is 12.5 Å². The summed E-state index contributed by atoms with van der Waals surface area (Å²) in [5.41, 5.74) is 13.1. The molecule has 10 N–H and O–H groups in total. The van der Waals surface area contributed by atoms with Crippen molar-refractivity contribution < 1.29 is 34.2 Å². The van der Waals surface area contributed by atoms with Gasteiger partial charge in [-0.25, -0.2) is 4.79 Å². The lowest BCUT2D eigenvalue weighted by atomic mass is 9.99. The average molecular weight is 547 g/mol. The number of amides is 3. The molecule has 1 heterocycles. The molecule has 0 aliphatic carbocycles. The number of carbonyl (C=O) groups is 5. The average Bonchev–Trinajstić information content (AvgIpc) is 3.28. The van der Waals surface area contributed by atoms with Gasteiger partial charge in [0, 0.05) is 23.5 Å². The standard InChI is InChI=1S/C26H38N6O7/c1-14(2)22(25(37)31-20(26(38)39)12-21(33)34)32-24(36)19(30-23(35)17(28)8-5-6-10-27)11-15-13-29-18-9-4-3-7-16(15)18/h3-4,7,9,13-14,17,19-20,22,29H,5-6,8,10-12,27-28H2,1-2H3,(H,30,35)(H,31,37)(H,32,36)(H,33,34)(H,38,39). The number of rotatable bonds is 16. The van der Waals surface area contributed by atoms with Crippen LogP contribution in [0.1, 0.15) is 45.1 Å². The van der Waals surface area contributed by atoms with Crippen molar-refractivity contribution >= 4 is 40.6 Å². The van der Waals surface area contributed by atoms with E-state index in [4.69, 9.17) is 16.6 Å². The molecule has 0 saturated carbocycles. The first-order valence-corrected chi connectivity index (χ1v) is 12.8. The zero-order chi connectivity index (χ0) is 29.1. The predicted octanol–water partition coefficient (Wildman–Crippen LogP) is -0.164. The first kappa shape index (κ1) is 31.2. The van der Waals surface area contributed by atoms with Gasteiger partial charge in [0.2, 0.25) is 17.7 Å². The maximum atomic E-state index is 13.5. The molecule has 0 spiro atoms. The van der Waals surface area contributed by atoms with Crippen molar-refractivity contribution in [2.75, 3.05) is 6.54 Å². The Bertz CT molecular complexity index is 1160. The van der Waals surface area contributed by atoms with E-state index in [1.807, 2.05) is 24.3 Å². The van der Waals surface area contributed by atoms with Crippen LogP contribution in [-0.2, 0) is 30.4 Å². The van der Waals surface area contributed by atoms with Gasteiger partial charge in [-0.3, -0.25) is 19.2 Å². The lowest BCUT2D eigenvalue weighted by Crippen LogP contribution is -2.59. The van der Waals surface area contributed by atoms with Gasteiger partial charge in [-0.05, 0) is 36.9 Å². The van der Waals surface area contributed by atoms with Crippen LogP contribution in [0.5, 0.6) is 0 Å². The van der Waals surface area contributed by atoms with Crippen molar-refractivity contribution in [2.24, 2.45) is 17.4 Å². The molecule has 13 nitrogen and oxygen atoms in total. The number of aliphatic carboxylic acids is 2. The van der Waals surface area contributed by atoms with Crippen molar-refractivity contribution in [1.29, 1.82) is 0 Å². The normalized spacial score (nSPS) is 14.3. The number of para-hydroxylation sites is 1. The molecule has 214 valence electrons. The van der Waals surface area contributed by atoms with E-state index in [1.165, 1.54) is 0 Å². The molecule has 1 aromatic carbocycles. The van der Waals surface area contributed by atoms with Crippen LogP contribution in [0.2, 0.25) is 0 Å². The zero-order valence-electron chi connectivity index (χ0n) is 22.1. The SMILES string of the molecule is CC(C)C(NC(=O)C(Cc1c[nH]c2ccccc12)NC(=O)C(N)CCCCN)C(=O)NC(CC(=O)O)C(=O)O. The highest BCUT2D eigenvalue weighted by molar-refractivity contribution is 5.95.